The summed E-state index contributed by atoms with van der Waals surface area (Å²) in [4.78, 5) is 29.1. The lowest BCUT2D eigenvalue weighted by Gasteiger charge is -2.21. The third-order valence-corrected chi connectivity index (χ3v) is 6.03. The zero-order valence-electron chi connectivity index (χ0n) is 21.5. The van der Waals surface area contributed by atoms with Gasteiger partial charge in [-0.3, -0.25) is 9.36 Å². The van der Waals surface area contributed by atoms with Gasteiger partial charge in [-0.1, -0.05) is 24.3 Å². The summed E-state index contributed by atoms with van der Waals surface area (Å²) in [6.07, 6.45) is 0. The Morgan fingerprint density at radius 1 is 0.811 bits per heavy atom. The van der Waals surface area contributed by atoms with E-state index in [0.29, 0.717) is 44.8 Å². The molecule has 0 aliphatic rings. The monoisotopic (exact) mass is 524 g/mol. The highest BCUT2D eigenvalue weighted by atomic mass is 35.5. The second-order valence-corrected chi connectivity index (χ2v) is 8.23. The zero-order valence-corrected chi connectivity index (χ0v) is 22.3. The maximum Gasteiger partial charge on any atom is 0.355 e. The van der Waals surface area contributed by atoms with Gasteiger partial charge in [-0.25, -0.2) is 4.79 Å². The van der Waals surface area contributed by atoms with Crippen LogP contribution in [0.15, 0.2) is 65.5 Å². The molecule has 0 saturated carbocycles. The summed E-state index contributed by atoms with van der Waals surface area (Å²) < 4.78 is 23.2. The number of aromatic nitrogens is 1. The average Bonchev–Trinajstić information content (AvgIpc) is 2.91. The van der Waals surface area contributed by atoms with E-state index in [-0.39, 0.29) is 23.7 Å². The van der Waals surface area contributed by atoms with Gasteiger partial charge < -0.3 is 23.8 Å². The summed E-state index contributed by atoms with van der Waals surface area (Å²) in [5, 5.41) is 1.04. The van der Waals surface area contributed by atoms with Crippen molar-refractivity contribution < 1.29 is 23.7 Å². The standard InChI is InChI=1S/C28H28N2O6.ClH/c1-29(2)18-10-9-11-19(16-18)30-25(28(32)36-6)24(20-12-7-8-13-21(20)27(30)31)17-14-22(33-3)26(35-5)23(15-17)34-4;/h7-16H,1-6H3;1H. The van der Waals surface area contributed by atoms with E-state index in [9.17, 15) is 9.59 Å². The van der Waals surface area contributed by atoms with Crippen molar-refractivity contribution in [2.24, 2.45) is 0 Å². The number of halogens is 1. The number of hydrogen-bond acceptors (Lipinski definition) is 7. The normalized spacial score (nSPS) is 10.4. The van der Waals surface area contributed by atoms with Crippen molar-refractivity contribution in [1.82, 2.24) is 4.57 Å². The molecule has 0 amide bonds. The Morgan fingerprint density at radius 3 is 1.97 bits per heavy atom. The number of carbonyl (C=O) groups is 1. The second-order valence-electron chi connectivity index (χ2n) is 8.23. The van der Waals surface area contributed by atoms with Gasteiger partial charge in [0.05, 0.1) is 34.1 Å². The molecule has 1 aromatic heterocycles. The minimum Gasteiger partial charge on any atom is -0.493 e. The van der Waals surface area contributed by atoms with Crippen LogP contribution in [-0.2, 0) is 4.74 Å². The molecule has 0 N–H and O–H groups in total. The summed E-state index contributed by atoms with van der Waals surface area (Å²) >= 11 is 0. The van der Waals surface area contributed by atoms with E-state index in [1.54, 1.807) is 30.3 Å². The molecule has 0 aliphatic carbocycles. The predicted octanol–water partition coefficient (Wildman–Crippen LogP) is 4.96. The fourth-order valence-electron chi connectivity index (χ4n) is 4.31. The van der Waals surface area contributed by atoms with Crippen LogP contribution < -0.4 is 24.7 Å². The third kappa shape index (κ3) is 4.80. The smallest absolute Gasteiger partial charge is 0.355 e. The Balaban J connectivity index is 0.00000380. The van der Waals surface area contributed by atoms with Gasteiger partial charge in [0.2, 0.25) is 5.75 Å². The van der Waals surface area contributed by atoms with Crippen LogP contribution in [0.25, 0.3) is 27.6 Å². The molecule has 9 heteroatoms. The lowest BCUT2D eigenvalue weighted by atomic mass is 9.95. The molecule has 194 valence electrons. The van der Waals surface area contributed by atoms with Crippen molar-refractivity contribution in [3.05, 3.63) is 76.7 Å². The molecule has 0 aliphatic heterocycles. The Bertz CT molecular complexity index is 1490. The van der Waals surface area contributed by atoms with Crippen molar-refractivity contribution >= 4 is 34.8 Å². The van der Waals surface area contributed by atoms with Gasteiger partial charge in [0.15, 0.2) is 11.5 Å². The number of pyridine rings is 1. The Hall–Kier alpha value is -4.17. The van der Waals surface area contributed by atoms with Gasteiger partial charge in [0.1, 0.15) is 5.69 Å². The highest BCUT2D eigenvalue weighted by Crippen LogP contribution is 2.43. The number of rotatable bonds is 7. The number of hydrogen-bond donors (Lipinski definition) is 0. The van der Waals surface area contributed by atoms with Gasteiger partial charge in [-0.15, -0.1) is 12.4 Å². The number of methoxy groups -OCH3 is 4. The van der Waals surface area contributed by atoms with Crippen LogP contribution in [0.5, 0.6) is 17.2 Å². The van der Waals surface area contributed by atoms with Gasteiger partial charge in [0.25, 0.3) is 5.56 Å². The van der Waals surface area contributed by atoms with Crippen molar-refractivity contribution in [1.29, 1.82) is 0 Å². The summed E-state index contributed by atoms with van der Waals surface area (Å²) in [5.74, 6) is 0.592. The molecule has 0 radical (unpaired) electrons. The first-order chi connectivity index (χ1) is 17.4. The van der Waals surface area contributed by atoms with Crippen LogP contribution in [0.1, 0.15) is 10.5 Å². The Kier molecular flexibility index (Phi) is 8.35. The van der Waals surface area contributed by atoms with Gasteiger partial charge in [-0.05, 0) is 47.3 Å². The predicted molar refractivity (Wildman–Crippen MR) is 148 cm³/mol. The Labute approximate surface area is 221 Å². The fraction of sp³-hybridized carbons (Fsp3) is 0.214. The van der Waals surface area contributed by atoms with Gasteiger partial charge >= 0.3 is 5.97 Å². The first-order valence-corrected chi connectivity index (χ1v) is 11.2. The van der Waals surface area contributed by atoms with E-state index in [4.69, 9.17) is 18.9 Å². The highest BCUT2D eigenvalue weighted by molar-refractivity contribution is 6.07. The van der Waals surface area contributed by atoms with Crippen molar-refractivity contribution in [3.63, 3.8) is 0 Å². The lowest BCUT2D eigenvalue weighted by molar-refractivity contribution is 0.0591. The van der Waals surface area contributed by atoms with Crippen molar-refractivity contribution in [2.75, 3.05) is 47.4 Å². The summed E-state index contributed by atoms with van der Waals surface area (Å²) in [7, 11) is 9.67. The molecular formula is C28H29ClN2O6. The molecule has 3 aromatic carbocycles. The zero-order chi connectivity index (χ0) is 26.0. The van der Waals surface area contributed by atoms with Crippen LogP contribution in [0.2, 0.25) is 0 Å². The maximum absolute atomic E-state index is 13.9. The number of nitrogens with zero attached hydrogens (tertiary/aromatic N) is 2. The minimum atomic E-state index is -0.656. The molecule has 0 unspecified atom stereocenters. The third-order valence-electron chi connectivity index (χ3n) is 6.03. The summed E-state index contributed by atoms with van der Waals surface area (Å²) in [6.45, 7) is 0. The van der Waals surface area contributed by atoms with E-state index in [1.807, 2.05) is 49.3 Å². The minimum absolute atomic E-state index is 0. The topological polar surface area (TPSA) is 79.2 Å². The van der Waals surface area contributed by atoms with Gasteiger partial charge in [-0.2, -0.15) is 0 Å². The molecule has 37 heavy (non-hydrogen) atoms. The number of esters is 1. The molecular weight excluding hydrogens is 496 g/mol. The fourth-order valence-corrected chi connectivity index (χ4v) is 4.31. The number of carbonyl (C=O) groups excluding carboxylic acids is 1. The molecule has 4 rings (SSSR count). The number of fused-ring (bicyclic) bond motifs is 1. The largest absolute Gasteiger partial charge is 0.493 e. The van der Waals surface area contributed by atoms with E-state index >= 15 is 0 Å². The van der Waals surface area contributed by atoms with Crippen LogP contribution in [0, 0.1) is 0 Å². The van der Waals surface area contributed by atoms with E-state index in [0.717, 1.165) is 5.69 Å². The first kappa shape index (κ1) is 27.4. The molecule has 4 aromatic rings. The maximum atomic E-state index is 13.9. The first-order valence-electron chi connectivity index (χ1n) is 11.2. The highest BCUT2D eigenvalue weighted by Gasteiger charge is 2.27. The quantitative estimate of drug-likeness (QED) is 0.316. The van der Waals surface area contributed by atoms with E-state index in [2.05, 4.69) is 0 Å². The molecule has 8 nitrogen and oxygen atoms in total. The van der Waals surface area contributed by atoms with Crippen LogP contribution >= 0.6 is 12.4 Å². The molecule has 0 bridgehead atoms. The summed E-state index contributed by atoms with van der Waals surface area (Å²) in [5.41, 5.74) is 2.26. The summed E-state index contributed by atoms with van der Waals surface area (Å²) in [6, 6.07) is 18.1. The van der Waals surface area contributed by atoms with Crippen molar-refractivity contribution in [2.45, 2.75) is 0 Å². The average molecular weight is 525 g/mol. The van der Waals surface area contributed by atoms with Crippen LogP contribution in [0.3, 0.4) is 0 Å². The number of benzene rings is 3. The molecule has 0 saturated heterocycles. The second kappa shape index (κ2) is 11.3. The molecule has 1 heterocycles. The number of anilines is 1. The van der Waals surface area contributed by atoms with E-state index in [1.165, 1.54) is 33.0 Å². The lowest BCUT2D eigenvalue weighted by Crippen LogP contribution is -2.27. The van der Waals surface area contributed by atoms with Gasteiger partial charge in [0, 0.05) is 30.7 Å². The van der Waals surface area contributed by atoms with Crippen molar-refractivity contribution in [3.8, 4) is 34.1 Å². The number of ether oxygens (including phenoxy) is 4. The Morgan fingerprint density at radius 2 is 1.43 bits per heavy atom. The van der Waals surface area contributed by atoms with Crippen LogP contribution in [0.4, 0.5) is 5.69 Å². The SMILES string of the molecule is COC(=O)c1c(-c2cc(OC)c(OC)c(OC)c2)c2ccccc2c(=O)n1-c1cccc(N(C)C)c1.Cl. The molecule has 0 fully saturated rings. The molecule has 0 atom stereocenters. The molecule has 0 spiro atoms. The van der Waals surface area contributed by atoms with E-state index < -0.39 is 5.97 Å². The van der Waals surface area contributed by atoms with Crippen LogP contribution in [-0.4, -0.2) is 53.1 Å².